The molecule has 0 N–H and O–H groups in total. The Bertz CT molecular complexity index is 979. The van der Waals surface area contributed by atoms with Gasteiger partial charge in [-0.15, -0.1) is 11.3 Å². The van der Waals surface area contributed by atoms with Gasteiger partial charge >= 0.3 is 0 Å². The predicted octanol–water partition coefficient (Wildman–Crippen LogP) is 4.65. The number of ether oxygens (including phenoxy) is 2. The second kappa shape index (κ2) is 8.88. The molecule has 0 amide bonds. The van der Waals surface area contributed by atoms with Gasteiger partial charge in [0.15, 0.2) is 5.82 Å². The molecule has 0 spiro atoms. The normalized spacial score (nSPS) is 20.6. The van der Waals surface area contributed by atoms with E-state index in [9.17, 15) is 0 Å². The van der Waals surface area contributed by atoms with Crippen molar-refractivity contribution in [2.45, 2.75) is 44.8 Å². The van der Waals surface area contributed by atoms with Gasteiger partial charge in [0.05, 0.1) is 5.56 Å². The van der Waals surface area contributed by atoms with E-state index in [2.05, 4.69) is 28.4 Å². The van der Waals surface area contributed by atoms with Gasteiger partial charge in [-0.05, 0) is 55.3 Å². The Morgan fingerprint density at radius 3 is 2.87 bits per heavy atom. The molecule has 0 saturated carbocycles. The summed E-state index contributed by atoms with van der Waals surface area (Å²) in [5.74, 6) is 2.45. The predicted molar refractivity (Wildman–Crippen MR) is 116 cm³/mol. The first-order valence-corrected chi connectivity index (χ1v) is 11.6. The second-order valence-electron chi connectivity index (χ2n) is 8.13. The Kier molecular flexibility index (Phi) is 5.84. The minimum absolute atomic E-state index is 0.171. The Morgan fingerprint density at radius 2 is 2.03 bits per heavy atom. The number of nitrogens with zero attached hydrogens (tertiary/aromatic N) is 3. The van der Waals surface area contributed by atoms with Crippen LogP contribution in [-0.2, 0) is 11.3 Å². The number of likely N-dealkylation sites (tertiary alicyclic amines) is 1. The Hall–Kier alpha value is -2.22. The molecule has 0 aliphatic carbocycles. The number of thiophene rings is 1. The molecular weight excluding hydrogens is 398 g/mol. The maximum absolute atomic E-state index is 6.41. The number of aryl methyl sites for hydroxylation is 1. The number of hydrogen-bond donors (Lipinski definition) is 0. The molecule has 5 rings (SSSR count). The molecule has 30 heavy (non-hydrogen) atoms. The second-order valence-corrected chi connectivity index (χ2v) is 9.13. The molecule has 2 fully saturated rings. The first-order chi connectivity index (χ1) is 14.8. The topological polar surface area (TPSA) is 60.6 Å². The van der Waals surface area contributed by atoms with Crippen molar-refractivity contribution in [3.63, 3.8) is 0 Å². The summed E-state index contributed by atoms with van der Waals surface area (Å²) in [5.41, 5.74) is 2.25. The summed E-state index contributed by atoms with van der Waals surface area (Å²) in [7, 11) is 0. The van der Waals surface area contributed by atoms with Crippen LogP contribution in [0, 0.1) is 6.92 Å². The van der Waals surface area contributed by atoms with Gasteiger partial charge in [0.25, 0.3) is 5.89 Å². The van der Waals surface area contributed by atoms with Crippen molar-refractivity contribution in [3.8, 4) is 17.2 Å². The largest absolute Gasteiger partial charge is 0.488 e. The van der Waals surface area contributed by atoms with E-state index in [4.69, 9.17) is 19.0 Å². The van der Waals surface area contributed by atoms with Crippen LogP contribution < -0.4 is 4.74 Å². The Morgan fingerprint density at radius 1 is 1.17 bits per heavy atom. The summed E-state index contributed by atoms with van der Waals surface area (Å²) in [4.78, 5) is 8.61. The van der Waals surface area contributed by atoms with Crippen LogP contribution in [0.1, 0.15) is 41.4 Å². The van der Waals surface area contributed by atoms with Gasteiger partial charge in [-0.2, -0.15) is 4.98 Å². The van der Waals surface area contributed by atoms with Crippen molar-refractivity contribution in [1.29, 1.82) is 0 Å². The SMILES string of the molecule is Cc1ccsc1CN1CCC(Oc2ccccc2-c2nc(C3CCOCC3)no2)C1. The van der Waals surface area contributed by atoms with Gasteiger partial charge in [-0.3, -0.25) is 4.90 Å². The van der Waals surface area contributed by atoms with Crippen LogP contribution in [-0.4, -0.2) is 47.4 Å². The summed E-state index contributed by atoms with van der Waals surface area (Å²) < 4.78 is 17.5. The van der Waals surface area contributed by atoms with Crippen molar-refractivity contribution >= 4 is 11.3 Å². The van der Waals surface area contributed by atoms with Crippen LogP contribution in [0.25, 0.3) is 11.5 Å². The molecule has 3 aromatic rings. The van der Waals surface area contributed by atoms with Crippen LogP contribution in [0.2, 0.25) is 0 Å². The fourth-order valence-corrected chi connectivity index (χ4v) is 5.15. The van der Waals surface area contributed by atoms with Crippen LogP contribution in [0.4, 0.5) is 0 Å². The molecule has 4 heterocycles. The third-order valence-corrected chi connectivity index (χ3v) is 7.01. The van der Waals surface area contributed by atoms with E-state index in [0.717, 1.165) is 69.2 Å². The molecular formula is C23H27N3O3S. The maximum atomic E-state index is 6.41. The highest BCUT2D eigenvalue weighted by Crippen LogP contribution is 2.33. The lowest BCUT2D eigenvalue weighted by Crippen LogP contribution is -2.24. The zero-order valence-corrected chi connectivity index (χ0v) is 18.1. The quantitative estimate of drug-likeness (QED) is 0.573. The first-order valence-electron chi connectivity index (χ1n) is 10.7. The number of benzene rings is 1. The molecule has 158 valence electrons. The highest BCUT2D eigenvalue weighted by Gasteiger charge is 2.27. The lowest BCUT2D eigenvalue weighted by atomic mass is 10.00. The molecule has 1 unspecified atom stereocenters. The molecule has 1 aromatic carbocycles. The molecule has 0 radical (unpaired) electrons. The van der Waals surface area contributed by atoms with E-state index in [-0.39, 0.29) is 6.10 Å². The molecule has 2 aliphatic rings. The fraction of sp³-hybridized carbons (Fsp3) is 0.478. The van der Waals surface area contributed by atoms with E-state index in [1.807, 2.05) is 35.6 Å². The molecule has 2 aromatic heterocycles. The van der Waals surface area contributed by atoms with Crippen molar-refractivity contribution in [3.05, 3.63) is 52.0 Å². The van der Waals surface area contributed by atoms with Gasteiger partial charge in [0.1, 0.15) is 11.9 Å². The zero-order chi connectivity index (χ0) is 20.3. The smallest absolute Gasteiger partial charge is 0.261 e. The fourth-order valence-electron chi connectivity index (χ4n) is 4.20. The summed E-state index contributed by atoms with van der Waals surface area (Å²) >= 11 is 1.84. The van der Waals surface area contributed by atoms with E-state index in [0.29, 0.717) is 11.8 Å². The van der Waals surface area contributed by atoms with Gasteiger partial charge < -0.3 is 14.0 Å². The third-order valence-electron chi connectivity index (χ3n) is 6.00. The van der Waals surface area contributed by atoms with E-state index >= 15 is 0 Å². The summed E-state index contributed by atoms with van der Waals surface area (Å²) in [6.45, 7) is 6.70. The van der Waals surface area contributed by atoms with Crippen molar-refractivity contribution < 1.29 is 14.0 Å². The summed E-state index contributed by atoms with van der Waals surface area (Å²) in [6, 6.07) is 10.2. The number of para-hydroxylation sites is 1. The Balaban J connectivity index is 1.26. The number of aromatic nitrogens is 2. The number of hydrogen-bond acceptors (Lipinski definition) is 7. The van der Waals surface area contributed by atoms with Crippen molar-refractivity contribution in [1.82, 2.24) is 15.0 Å². The van der Waals surface area contributed by atoms with Crippen molar-refractivity contribution in [2.75, 3.05) is 26.3 Å². The van der Waals surface area contributed by atoms with Crippen LogP contribution in [0.15, 0.2) is 40.2 Å². The average Bonchev–Trinajstić information content (AvgIpc) is 3.52. The minimum atomic E-state index is 0.171. The molecule has 6 nitrogen and oxygen atoms in total. The van der Waals surface area contributed by atoms with E-state index in [1.54, 1.807) is 0 Å². The Labute approximate surface area is 180 Å². The maximum Gasteiger partial charge on any atom is 0.261 e. The van der Waals surface area contributed by atoms with Crippen LogP contribution >= 0.6 is 11.3 Å². The van der Waals surface area contributed by atoms with Gasteiger partial charge in [0.2, 0.25) is 0 Å². The molecule has 2 aliphatic heterocycles. The number of rotatable bonds is 6. The standard InChI is InChI=1S/C23H27N3O3S/c1-16-9-13-30-21(16)15-26-10-6-18(14-26)28-20-5-3-2-4-19(20)23-24-22(25-29-23)17-7-11-27-12-8-17/h2-5,9,13,17-18H,6-8,10-12,14-15H2,1H3. The average molecular weight is 426 g/mol. The zero-order valence-electron chi connectivity index (χ0n) is 17.3. The van der Waals surface area contributed by atoms with Gasteiger partial charge in [-0.25, -0.2) is 0 Å². The first kappa shape index (κ1) is 19.7. The molecule has 2 saturated heterocycles. The van der Waals surface area contributed by atoms with Crippen molar-refractivity contribution in [2.24, 2.45) is 0 Å². The summed E-state index contributed by atoms with van der Waals surface area (Å²) in [6.07, 6.45) is 3.08. The third kappa shape index (κ3) is 4.29. The van der Waals surface area contributed by atoms with Gasteiger partial charge in [0, 0.05) is 43.6 Å². The monoisotopic (exact) mass is 425 g/mol. The van der Waals surface area contributed by atoms with Crippen LogP contribution in [0.5, 0.6) is 5.75 Å². The van der Waals surface area contributed by atoms with Crippen LogP contribution in [0.3, 0.4) is 0 Å². The highest BCUT2D eigenvalue weighted by atomic mass is 32.1. The lowest BCUT2D eigenvalue weighted by molar-refractivity contribution is 0.0830. The minimum Gasteiger partial charge on any atom is -0.488 e. The lowest BCUT2D eigenvalue weighted by Gasteiger charge is -2.18. The van der Waals surface area contributed by atoms with E-state index in [1.165, 1.54) is 10.4 Å². The van der Waals surface area contributed by atoms with E-state index < -0.39 is 0 Å². The molecule has 7 heteroatoms. The molecule has 1 atom stereocenters. The van der Waals surface area contributed by atoms with Gasteiger partial charge in [-0.1, -0.05) is 17.3 Å². The highest BCUT2D eigenvalue weighted by molar-refractivity contribution is 7.10. The molecule has 0 bridgehead atoms. The summed E-state index contributed by atoms with van der Waals surface area (Å²) in [5, 5.41) is 6.42.